The fourth-order valence-electron chi connectivity index (χ4n) is 2.09. The summed E-state index contributed by atoms with van der Waals surface area (Å²) in [5.41, 5.74) is 2.26. The van der Waals surface area contributed by atoms with Gasteiger partial charge in [0, 0.05) is 30.2 Å². The van der Waals surface area contributed by atoms with Gasteiger partial charge < -0.3 is 5.32 Å². The van der Waals surface area contributed by atoms with E-state index < -0.39 is 0 Å². The van der Waals surface area contributed by atoms with Gasteiger partial charge in [-0.3, -0.25) is 0 Å². The minimum absolute atomic E-state index is 0.0290. The highest BCUT2D eigenvalue weighted by molar-refractivity contribution is 6.17. The number of hydrogen-bond donors (Lipinski definition) is 1. The highest BCUT2D eigenvalue weighted by Crippen LogP contribution is 2.26. The molecule has 0 unspecified atom stereocenters. The Morgan fingerprint density at radius 3 is 2.57 bits per heavy atom. The zero-order valence-corrected chi connectivity index (χ0v) is 14.3. The van der Waals surface area contributed by atoms with E-state index in [9.17, 15) is 0 Å². The van der Waals surface area contributed by atoms with E-state index in [1.165, 1.54) is 0 Å². The third kappa shape index (κ3) is 3.88. The standard InChI is InChI=1S/C16H25ClN4/c1-15(2,3)13-10-12-14(18-8-9-21(12)20-13)19-11-16(4,5)6-7-17/h8-10H,6-7,11H2,1-5H3,(H,18,19). The van der Waals surface area contributed by atoms with Crippen molar-refractivity contribution in [3.05, 3.63) is 24.2 Å². The van der Waals surface area contributed by atoms with Crippen molar-refractivity contribution in [1.82, 2.24) is 14.6 Å². The van der Waals surface area contributed by atoms with Crippen LogP contribution in [0.2, 0.25) is 0 Å². The van der Waals surface area contributed by atoms with Crippen LogP contribution in [-0.4, -0.2) is 27.0 Å². The third-order valence-electron chi connectivity index (χ3n) is 3.66. The SMILES string of the molecule is CC(C)(CCCl)CNc1nccn2nc(C(C)(C)C)cc12. The van der Waals surface area contributed by atoms with Gasteiger partial charge in [-0.25, -0.2) is 9.50 Å². The van der Waals surface area contributed by atoms with Gasteiger partial charge in [-0.05, 0) is 17.9 Å². The van der Waals surface area contributed by atoms with Gasteiger partial charge in [0.25, 0.3) is 0 Å². The molecule has 0 saturated carbocycles. The molecule has 0 fully saturated rings. The summed E-state index contributed by atoms with van der Waals surface area (Å²) in [6, 6.07) is 2.11. The molecule has 0 aromatic carbocycles. The molecule has 116 valence electrons. The molecule has 0 radical (unpaired) electrons. The normalized spacial score (nSPS) is 12.9. The molecular formula is C16H25ClN4. The van der Waals surface area contributed by atoms with Crippen LogP contribution in [0.25, 0.3) is 5.52 Å². The molecule has 1 N–H and O–H groups in total. The molecule has 2 rings (SSSR count). The van der Waals surface area contributed by atoms with Gasteiger partial charge in [0.05, 0.1) is 5.69 Å². The molecule has 0 aliphatic carbocycles. The molecular weight excluding hydrogens is 284 g/mol. The Morgan fingerprint density at radius 1 is 1.24 bits per heavy atom. The van der Waals surface area contributed by atoms with E-state index in [2.05, 4.69) is 56.1 Å². The van der Waals surface area contributed by atoms with Crippen molar-refractivity contribution in [2.45, 2.75) is 46.5 Å². The van der Waals surface area contributed by atoms with Crippen LogP contribution in [0.3, 0.4) is 0 Å². The molecule has 2 aromatic heterocycles. The maximum Gasteiger partial charge on any atom is 0.152 e. The van der Waals surface area contributed by atoms with Crippen LogP contribution in [0, 0.1) is 5.41 Å². The Kier molecular flexibility index (Phi) is 4.47. The number of nitrogens with one attached hydrogen (secondary N) is 1. The summed E-state index contributed by atoms with van der Waals surface area (Å²) < 4.78 is 1.89. The number of hydrogen-bond acceptors (Lipinski definition) is 3. The average Bonchev–Trinajstić information content (AvgIpc) is 2.80. The number of halogens is 1. The molecule has 2 heterocycles. The van der Waals surface area contributed by atoms with Crippen LogP contribution >= 0.6 is 11.6 Å². The first-order chi connectivity index (χ1) is 9.73. The summed E-state index contributed by atoms with van der Waals surface area (Å²) in [5.74, 6) is 1.55. The van der Waals surface area contributed by atoms with Crippen LogP contribution in [-0.2, 0) is 5.41 Å². The summed E-state index contributed by atoms with van der Waals surface area (Å²) in [6.07, 6.45) is 4.64. The summed E-state index contributed by atoms with van der Waals surface area (Å²) in [5, 5.41) is 8.09. The number of rotatable bonds is 5. The molecule has 0 amide bonds. The first-order valence-corrected chi connectivity index (χ1v) is 7.91. The number of aromatic nitrogens is 3. The Morgan fingerprint density at radius 2 is 1.95 bits per heavy atom. The van der Waals surface area contributed by atoms with E-state index in [1.54, 1.807) is 6.20 Å². The lowest BCUT2D eigenvalue weighted by Crippen LogP contribution is -2.24. The summed E-state index contributed by atoms with van der Waals surface area (Å²) in [4.78, 5) is 4.46. The molecule has 4 nitrogen and oxygen atoms in total. The number of nitrogens with zero attached hydrogens (tertiary/aromatic N) is 3. The Balaban J connectivity index is 2.26. The number of fused-ring (bicyclic) bond motifs is 1. The zero-order valence-electron chi connectivity index (χ0n) is 13.6. The maximum atomic E-state index is 5.86. The van der Waals surface area contributed by atoms with Crippen LogP contribution in [0.4, 0.5) is 5.82 Å². The molecule has 0 spiro atoms. The third-order valence-corrected chi connectivity index (χ3v) is 3.85. The zero-order chi connectivity index (χ0) is 15.7. The van der Waals surface area contributed by atoms with Gasteiger partial charge >= 0.3 is 0 Å². The first kappa shape index (κ1) is 16.1. The fourth-order valence-corrected chi connectivity index (χ4v) is 2.60. The van der Waals surface area contributed by atoms with Crippen molar-refractivity contribution >= 4 is 22.9 Å². The van der Waals surface area contributed by atoms with Crippen LogP contribution in [0.5, 0.6) is 0 Å². The van der Waals surface area contributed by atoms with E-state index in [-0.39, 0.29) is 10.8 Å². The molecule has 0 aliphatic heterocycles. The predicted molar refractivity (Wildman–Crippen MR) is 89.3 cm³/mol. The van der Waals surface area contributed by atoms with Crippen molar-refractivity contribution < 1.29 is 0 Å². The van der Waals surface area contributed by atoms with Crippen LogP contribution in [0.15, 0.2) is 18.5 Å². The molecule has 21 heavy (non-hydrogen) atoms. The van der Waals surface area contributed by atoms with Gasteiger partial charge in [-0.15, -0.1) is 11.6 Å². The average molecular weight is 309 g/mol. The van der Waals surface area contributed by atoms with Gasteiger partial charge in [0.15, 0.2) is 5.82 Å². The van der Waals surface area contributed by atoms with Crippen molar-refractivity contribution in [1.29, 1.82) is 0 Å². The van der Waals surface area contributed by atoms with Gasteiger partial charge in [-0.1, -0.05) is 34.6 Å². The van der Waals surface area contributed by atoms with Crippen molar-refractivity contribution in [3.8, 4) is 0 Å². The summed E-state index contributed by atoms with van der Waals surface area (Å²) in [6.45, 7) is 11.7. The smallest absolute Gasteiger partial charge is 0.152 e. The molecule has 2 aromatic rings. The summed E-state index contributed by atoms with van der Waals surface area (Å²) >= 11 is 5.86. The predicted octanol–water partition coefficient (Wildman–Crippen LogP) is 4.09. The molecule has 5 heteroatoms. The lowest BCUT2D eigenvalue weighted by Gasteiger charge is -2.24. The minimum Gasteiger partial charge on any atom is -0.368 e. The Labute approximate surface area is 131 Å². The molecule has 0 bridgehead atoms. The van der Waals surface area contributed by atoms with E-state index in [0.29, 0.717) is 5.88 Å². The van der Waals surface area contributed by atoms with Crippen molar-refractivity contribution in [2.75, 3.05) is 17.7 Å². The highest BCUT2D eigenvalue weighted by atomic mass is 35.5. The van der Waals surface area contributed by atoms with Gasteiger partial charge in [0.2, 0.25) is 0 Å². The van der Waals surface area contributed by atoms with E-state index in [4.69, 9.17) is 11.6 Å². The van der Waals surface area contributed by atoms with E-state index >= 15 is 0 Å². The monoisotopic (exact) mass is 308 g/mol. The van der Waals surface area contributed by atoms with Crippen molar-refractivity contribution in [3.63, 3.8) is 0 Å². The van der Waals surface area contributed by atoms with Crippen LogP contribution in [0.1, 0.15) is 46.7 Å². The number of anilines is 1. The van der Waals surface area contributed by atoms with Crippen LogP contribution < -0.4 is 5.32 Å². The fraction of sp³-hybridized carbons (Fsp3) is 0.625. The minimum atomic E-state index is 0.0290. The Hall–Kier alpha value is -1.29. The van der Waals surface area contributed by atoms with E-state index in [0.717, 1.165) is 30.0 Å². The lowest BCUT2D eigenvalue weighted by molar-refractivity contribution is 0.379. The lowest BCUT2D eigenvalue weighted by atomic mass is 9.90. The highest BCUT2D eigenvalue weighted by Gasteiger charge is 2.20. The summed E-state index contributed by atoms with van der Waals surface area (Å²) in [7, 11) is 0. The topological polar surface area (TPSA) is 42.2 Å². The molecule has 0 saturated heterocycles. The second-order valence-corrected chi connectivity index (χ2v) is 7.72. The molecule has 0 atom stereocenters. The van der Waals surface area contributed by atoms with Crippen molar-refractivity contribution in [2.24, 2.45) is 5.41 Å². The molecule has 0 aliphatic rings. The quantitative estimate of drug-likeness (QED) is 0.846. The van der Waals surface area contributed by atoms with E-state index in [1.807, 2.05) is 10.7 Å². The second-order valence-electron chi connectivity index (χ2n) is 7.34. The largest absolute Gasteiger partial charge is 0.368 e. The van der Waals surface area contributed by atoms with Gasteiger partial charge in [0.1, 0.15) is 5.52 Å². The Bertz CT molecular complexity index is 610. The maximum absolute atomic E-state index is 5.86. The van der Waals surface area contributed by atoms with Gasteiger partial charge in [-0.2, -0.15) is 5.10 Å². The number of alkyl halides is 1. The second kappa shape index (κ2) is 5.84. The first-order valence-electron chi connectivity index (χ1n) is 7.38.